The monoisotopic (exact) mass is 746 g/mol. The van der Waals surface area contributed by atoms with Gasteiger partial charge in [0.25, 0.3) is 0 Å². The maximum atomic E-state index is 13.1. The van der Waals surface area contributed by atoms with E-state index in [1.807, 2.05) is 48.5 Å². The summed E-state index contributed by atoms with van der Waals surface area (Å²) in [6, 6.07) is 36.3. The van der Waals surface area contributed by atoms with Gasteiger partial charge in [-0.1, -0.05) is 92.5 Å². The minimum atomic E-state index is -1.11. The van der Waals surface area contributed by atoms with E-state index in [-0.39, 0.29) is 11.1 Å². The molecular formula is C42H20Br2O4. The quantitative estimate of drug-likeness (QED) is 0.139. The predicted octanol–water partition coefficient (Wildman–Crippen LogP) is 12.4. The smallest absolute Gasteiger partial charge is 0.336 e. The van der Waals surface area contributed by atoms with Gasteiger partial charge >= 0.3 is 11.9 Å². The molecule has 2 N–H and O–H groups in total. The number of fused-ring (bicyclic) bond motifs is 4. The number of carboxylic acid groups (broad SMARTS) is 2. The molecule has 0 aliphatic rings. The third kappa shape index (κ3) is 3.64. The highest BCUT2D eigenvalue weighted by Crippen LogP contribution is 2.49. The van der Waals surface area contributed by atoms with Crippen LogP contribution in [-0.2, 0) is 0 Å². The van der Waals surface area contributed by atoms with Crippen LogP contribution in [0.15, 0.2) is 118 Å². The van der Waals surface area contributed by atoms with Crippen molar-refractivity contribution in [2.24, 2.45) is 0 Å². The molecule has 0 bridgehead atoms. The molecule has 0 atom stereocenters. The average molecular weight is 748 g/mol. The van der Waals surface area contributed by atoms with Crippen molar-refractivity contribution in [3.8, 4) is 11.1 Å². The Hall–Kier alpha value is -5.30. The van der Waals surface area contributed by atoms with E-state index in [2.05, 4.69) is 80.4 Å². The van der Waals surface area contributed by atoms with E-state index >= 15 is 0 Å². The topological polar surface area (TPSA) is 74.6 Å². The third-order valence-corrected chi connectivity index (χ3v) is 11.1. The second-order valence-electron chi connectivity index (χ2n) is 12.5. The summed E-state index contributed by atoms with van der Waals surface area (Å²) in [6.45, 7) is 0. The summed E-state index contributed by atoms with van der Waals surface area (Å²) in [7, 11) is 0. The standard InChI is InChI=1S/C42H20Br2O4/c43-25-5-11-27-23(15-25)13-19-3-9-31-37-21(1-7-29(27)35(19)37)17-33(41(45)46)39(31)40-32-10-4-20-14-24-16-26(44)6-12-28(24)30-8-2-22(38(32)36(20)30)18-34(40)42(47)48/h1-18H,(H,45,46)(H,47,48). The Morgan fingerprint density at radius 2 is 0.708 bits per heavy atom. The van der Waals surface area contributed by atoms with Gasteiger partial charge in [-0.2, -0.15) is 0 Å². The van der Waals surface area contributed by atoms with E-state index in [4.69, 9.17) is 0 Å². The number of halogens is 2. The maximum Gasteiger partial charge on any atom is 0.336 e. The molecule has 4 nitrogen and oxygen atoms in total. The fourth-order valence-electron chi connectivity index (χ4n) is 8.20. The lowest BCUT2D eigenvalue weighted by Crippen LogP contribution is -2.07. The van der Waals surface area contributed by atoms with Gasteiger partial charge in [-0.15, -0.1) is 0 Å². The van der Waals surface area contributed by atoms with Crippen molar-refractivity contribution in [1.82, 2.24) is 0 Å². The molecule has 0 spiro atoms. The van der Waals surface area contributed by atoms with E-state index < -0.39 is 11.9 Å². The predicted molar refractivity (Wildman–Crippen MR) is 204 cm³/mol. The van der Waals surface area contributed by atoms with E-state index in [0.717, 1.165) is 84.4 Å². The molecule has 6 heteroatoms. The van der Waals surface area contributed by atoms with E-state index in [9.17, 15) is 19.8 Å². The molecule has 0 amide bonds. The molecule has 0 heterocycles. The third-order valence-electron chi connectivity index (χ3n) is 10.1. The first-order valence-electron chi connectivity index (χ1n) is 15.4. The zero-order valence-electron chi connectivity index (χ0n) is 24.9. The average Bonchev–Trinajstić information content (AvgIpc) is 3.07. The highest BCUT2D eigenvalue weighted by Gasteiger charge is 2.27. The fraction of sp³-hybridized carbons (Fsp3) is 0. The minimum absolute atomic E-state index is 0.0718. The van der Waals surface area contributed by atoms with E-state index in [1.54, 1.807) is 12.1 Å². The van der Waals surface area contributed by atoms with Crippen molar-refractivity contribution in [2.45, 2.75) is 0 Å². The van der Waals surface area contributed by atoms with Crippen molar-refractivity contribution in [2.75, 3.05) is 0 Å². The molecule has 10 aromatic rings. The summed E-state index contributed by atoms with van der Waals surface area (Å²) in [4.78, 5) is 26.3. The van der Waals surface area contributed by atoms with Gasteiger partial charge in [0.1, 0.15) is 0 Å². The van der Waals surface area contributed by atoms with Crippen LogP contribution in [0.4, 0.5) is 0 Å². The molecule has 0 unspecified atom stereocenters. The molecule has 0 aliphatic heterocycles. The van der Waals surface area contributed by atoms with Gasteiger partial charge in [0.15, 0.2) is 0 Å². The van der Waals surface area contributed by atoms with Crippen LogP contribution in [-0.4, -0.2) is 22.2 Å². The van der Waals surface area contributed by atoms with Crippen LogP contribution >= 0.6 is 31.9 Å². The molecule has 0 fully saturated rings. The lowest BCUT2D eigenvalue weighted by Gasteiger charge is -2.22. The number of benzene rings is 10. The van der Waals surface area contributed by atoms with Crippen LogP contribution in [0, 0.1) is 0 Å². The fourth-order valence-corrected chi connectivity index (χ4v) is 8.95. The normalized spacial score (nSPS) is 12.3. The van der Waals surface area contributed by atoms with Crippen LogP contribution in [0.5, 0.6) is 0 Å². The van der Waals surface area contributed by atoms with Crippen LogP contribution in [0.2, 0.25) is 0 Å². The lowest BCUT2D eigenvalue weighted by molar-refractivity contribution is 0.0684. The molecule has 0 radical (unpaired) electrons. The van der Waals surface area contributed by atoms with Crippen molar-refractivity contribution in [1.29, 1.82) is 0 Å². The van der Waals surface area contributed by atoms with Crippen molar-refractivity contribution in [3.05, 3.63) is 129 Å². The zero-order valence-corrected chi connectivity index (χ0v) is 28.0. The Bertz CT molecular complexity index is 2880. The summed E-state index contributed by atoms with van der Waals surface area (Å²) in [5, 5.41) is 37.0. The summed E-state index contributed by atoms with van der Waals surface area (Å²) in [6.07, 6.45) is 0. The number of carboxylic acids is 2. The van der Waals surface area contributed by atoms with Crippen LogP contribution in [0.25, 0.3) is 97.3 Å². The first-order valence-corrected chi connectivity index (χ1v) is 17.0. The van der Waals surface area contributed by atoms with Gasteiger partial charge in [0.05, 0.1) is 11.1 Å². The Morgan fingerprint density at radius 3 is 1.10 bits per heavy atom. The summed E-state index contributed by atoms with van der Waals surface area (Å²) in [5.74, 6) is -2.21. The molecule has 0 saturated heterocycles. The number of hydrogen-bond acceptors (Lipinski definition) is 2. The Balaban J connectivity index is 1.42. The van der Waals surface area contributed by atoms with Crippen molar-refractivity contribution >= 4 is 130 Å². The van der Waals surface area contributed by atoms with Gasteiger partial charge in [0.2, 0.25) is 0 Å². The second kappa shape index (κ2) is 9.63. The summed E-state index contributed by atoms with van der Waals surface area (Å²) >= 11 is 7.21. The van der Waals surface area contributed by atoms with Gasteiger partial charge < -0.3 is 10.2 Å². The molecule has 48 heavy (non-hydrogen) atoms. The molecule has 0 saturated carbocycles. The van der Waals surface area contributed by atoms with E-state index in [1.165, 1.54) is 0 Å². The SMILES string of the molecule is O=C(O)c1cc2ccc3c4ccc(Br)cc4cc4ccc(c1-c1c(C(=O)O)cc5ccc6c7ccc(Br)cc7cc7ccc1c5c76)c2c43. The van der Waals surface area contributed by atoms with Gasteiger partial charge in [0, 0.05) is 20.1 Å². The molecule has 0 aliphatic carbocycles. The van der Waals surface area contributed by atoms with E-state index in [0.29, 0.717) is 21.9 Å². The van der Waals surface area contributed by atoms with Gasteiger partial charge in [-0.25, -0.2) is 9.59 Å². The second-order valence-corrected chi connectivity index (χ2v) is 14.4. The highest BCUT2D eigenvalue weighted by atomic mass is 79.9. The number of rotatable bonds is 3. The van der Waals surface area contributed by atoms with Crippen LogP contribution in [0.1, 0.15) is 20.7 Å². The van der Waals surface area contributed by atoms with Crippen molar-refractivity contribution < 1.29 is 19.8 Å². The maximum absolute atomic E-state index is 13.1. The van der Waals surface area contributed by atoms with Crippen molar-refractivity contribution in [3.63, 3.8) is 0 Å². The lowest BCUT2D eigenvalue weighted by atomic mass is 9.81. The molecule has 0 aromatic heterocycles. The Labute approximate surface area is 288 Å². The summed E-state index contributed by atoms with van der Waals surface area (Å²) in [5.41, 5.74) is 0.985. The molecule has 226 valence electrons. The largest absolute Gasteiger partial charge is 0.478 e. The first kappa shape index (κ1) is 27.8. The molecule has 10 rings (SSSR count). The first-order chi connectivity index (χ1) is 23.3. The Kier molecular flexibility index (Phi) is 5.57. The summed E-state index contributed by atoms with van der Waals surface area (Å²) < 4.78 is 1.99. The van der Waals surface area contributed by atoms with Crippen LogP contribution in [0.3, 0.4) is 0 Å². The van der Waals surface area contributed by atoms with Gasteiger partial charge in [-0.3, -0.25) is 0 Å². The molecule has 10 aromatic carbocycles. The number of aromatic carboxylic acids is 2. The zero-order chi connectivity index (χ0) is 32.6. The molecular weight excluding hydrogens is 728 g/mol. The van der Waals surface area contributed by atoms with Gasteiger partial charge in [-0.05, 0) is 135 Å². The highest BCUT2D eigenvalue weighted by molar-refractivity contribution is 9.10. The number of carbonyl (C=O) groups is 2. The Morgan fingerprint density at radius 1 is 0.375 bits per heavy atom. The van der Waals surface area contributed by atoms with Crippen LogP contribution < -0.4 is 0 Å². The number of hydrogen-bond donors (Lipinski definition) is 2. The minimum Gasteiger partial charge on any atom is -0.478 e.